The molecule has 1 nitrogen and oxygen atoms in total. The van der Waals surface area contributed by atoms with Gasteiger partial charge in [-0.3, -0.25) is 4.90 Å². The van der Waals surface area contributed by atoms with Crippen LogP contribution in [0.4, 0.5) is 0 Å². The Hall–Kier alpha value is -0.0400. The van der Waals surface area contributed by atoms with Gasteiger partial charge in [-0.1, -0.05) is 40.0 Å². The van der Waals surface area contributed by atoms with Crippen molar-refractivity contribution in [3.05, 3.63) is 0 Å². The minimum atomic E-state index is 0.922. The second-order valence-corrected chi connectivity index (χ2v) is 5.88. The molecule has 0 spiro atoms. The van der Waals surface area contributed by atoms with Crippen LogP contribution in [0.3, 0.4) is 0 Å². The first-order valence-electron chi connectivity index (χ1n) is 7.57. The van der Waals surface area contributed by atoms with E-state index >= 15 is 0 Å². The van der Waals surface area contributed by atoms with Crippen LogP contribution >= 0.6 is 0 Å². The standard InChI is InChI=1S/C15H29N/c1-4-8-14-12(5-2)11-13(6-3)15-9-7-10-16(14)15/h12-15H,4-11H2,1-3H3. The van der Waals surface area contributed by atoms with Crippen LogP contribution in [0.25, 0.3) is 0 Å². The van der Waals surface area contributed by atoms with Gasteiger partial charge in [0.25, 0.3) is 0 Å². The average molecular weight is 223 g/mol. The Labute approximate surface area is 102 Å². The summed E-state index contributed by atoms with van der Waals surface area (Å²) in [7, 11) is 0. The second-order valence-electron chi connectivity index (χ2n) is 5.88. The van der Waals surface area contributed by atoms with Crippen LogP contribution in [0, 0.1) is 11.8 Å². The molecule has 2 saturated heterocycles. The molecule has 1 heteroatoms. The summed E-state index contributed by atoms with van der Waals surface area (Å²) < 4.78 is 0. The topological polar surface area (TPSA) is 3.24 Å². The van der Waals surface area contributed by atoms with E-state index in [-0.39, 0.29) is 0 Å². The molecule has 0 aromatic rings. The summed E-state index contributed by atoms with van der Waals surface area (Å²) in [5.74, 6) is 1.99. The van der Waals surface area contributed by atoms with Crippen LogP contribution < -0.4 is 0 Å². The van der Waals surface area contributed by atoms with E-state index in [1.165, 1.54) is 51.5 Å². The minimum Gasteiger partial charge on any atom is -0.297 e. The Bertz CT molecular complexity index is 213. The van der Waals surface area contributed by atoms with Gasteiger partial charge < -0.3 is 0 Å². The second kappa shape index (κ2) is 5.53. The van der Waals surface area contributed by atoms with Crippen molar-refractivity contribution in [1.29, 1.82) is 0 Å². The monoisotopic (exact) mass is 223 g/mol. The summed E-state index contributed by atoms with van der Waals surface area (Å²) >= 11 is 0. The van der Waals surface area contributed by atoms with Crippen molar-refractivity contribution < 1.29 is 0 Å². The highest BCUT2D eigenvalue weighted by Gasteiger charge is 2.42. The average Bonchev–Trinajstić information content (AvgIpc) is 2.78. The number of hydrogen-bond donors (Lipinski definition) is 0. The quantitative estimate of drug-likeness (QED) is 0.694. The molecule has 0 aliphatic carbocycles. The van der Waals surface area contributed by atoms with Crippen LogP contribution in [0.15, 0.2) is 0 Å². The Morgan fingerprint density at radius 2 is 1.81 bits per heavy atom. The van der Waals surface area contributed by atoms with E-state index in [9.17, 15) is 0 Å². The van der Waals surface area contributed by atoms with Crippen molar-refractivity contribution in [1.82, 2.24) is 4.90 Å². The maximum absolute atomic E-state index is 2.90. The van der Waals surface area contributed by atoms with Crippen LogP contribution in [-0.2, 0) is 0 Å². The Morgan fingerprint density at radius 3 is 2.44 bits per heavy atom. The zero-order valence-corrected chi connectivity index (χ0v) is 11.4. The SMILES string of the molecule is CCCC1C(CC)CC(CC)C2CCCN12. The molecule has 4 atom stereocenters. The molecule has 4 unspecified atom stereocenters. The molecule has 2 fully saturated rings. The fourth-order valence-electron chi connectivity index (χ4n) is 4.28. The highest BCUT2D eigenvalue weighted by molar-refractivity contribution is 4.96. The normalized spacial score (nSPS) is 39.9. The van der Waals surface area contributed by atoms with Gasteiger partial charge in [-0.2, -0.15) is 0 Å². The van der Waals surface area contributed by atoms with E-state index in [1.54, 1.807) is 0 Å². The zero-order valence-electron chi connectivity index (χ0n) is 11.4. The van der Waals surface area contributed by atoms with Gasteiger partial charge in [-0.25, -0.2) is 0 Å². The molecule has 2 aliphatic heterocycles. The first-order chi connectivity index (χ1) is 7.81. The van der Waals surface area contributed by atoms with Gasteiger partial charge in [0.15, 0.2) is 0 Å². The maximum Gasteiger partial charge on any atom is 0.0127 e. The summed E-state index contributed by atoms with van der Waals surface area (Å²) in [6.45, 7) is 8.54. The lowest BCUT2D eigenvalue weighted by Gasteiger charge is -2.47. The molecule has 2 heterocycles. The van der Waals surface area contributed by atoms with Crippen molar-refractivity contribution in [3.8, 4) is 0 Å². The molecule has 0 N–H and O–H groups in total. The van der Waals surface area contributed by atoms with Gasteiger partial charge in [0, 0.05) is 12.1 Å². The van der Waals surface area contributed by atoms with E-state index in [4.69, 9.17) is 0 Å². The molecule has 2 aliphatic rings. The third-order valence-corrected chi connectivity index (χ3v) is 5.10. The predicted molar refractivity (Wildman–Crippen MR) is 70.6 cm³/mol. The van der Waals surface area contributed by atoms with Crippen molar-refractivity contribution in [2.45, 2.75) is 77.8 Å². The minimum absolute atomic E-state index is 0.922. The number of rotatable bonds is 4. The number of fused-ring (bicyclic) bond motifs is 1. The molecule has 0 radical (unpaired) electrons. The van der Waals surface area contributed by atoms with E-state index in [1.807, 2.05) is 0 Å². The fraction of sp³-hybridized carbons (Fsp3) is 1.00. The predicted octanol–water partition coefficient (Wildman–Crippen LogP) is 4.08. The van der Waals surface area contributed by atoms with Crippen molar-refractivity contribution in [2.75, 3.05) is 6.54 Å². The van der Waals surface area contributed by atoms with E-state index in [0.29, 0.717) is 0 Å². The van der Waals surface area contributed by atoms with E-state index < -0.39 is 0 Å². The lowest BCUT2D eigenvalue weighted by atomic mass is 9.75. The van der Waals surface area contributed by atoms with E-state index in [0.717, 1.165) is 23.9 Å². The molecular formula is C15H29N. The summed E-state index contributed by atoms with van der Waals surface area (Å²) in [4.78, 5) is 2.90. The molecular weight excluding hydrogens is 194 g/mol. The number of piperidine rings is 1. The first kappa shape index (κ1) is 12.4. The van der Waals surface area contributed by atoms with Crippen LogP contribution in [0.5, 0.6) is 0 Å². The van der Waals surface area contributed by atoms with Gasteiger partial charge in [-0.15, -0.1) is 0 Å². The number of hydrogen-bond acceptors (Lipinski definition) is 1. The lowest BCUT2D eigenvalue weighted by molar-refractivity contribution is 0.0188. The van der Waals surface area contributed by atoms with Crippen LogP contribution in [-0.4, -0.2) is 23.5 Å². The molecule has 0 aromatic carbocycles. The summed E-state index contributed by atoms with van der Waals surface area (Å²) in [6, 6.07) is 1.87. The largest absolute Gasteiger partial charge is 0.297 e. The number of nitrogens with zero attached hydrogens (tertiary/aromatic N) is 1. The van der Waals surface area contributed by atoms with Crippen LogP contribution in [0.2, 0.25) is 0 Å². The summed E-state index contributed by atoms with van der Waals surface area (Å²) in [5.41, 5.74) is 0. The third-order valence-electron chi connectivity index (χ3n) is 5.10. The smallest absolute Gasteiger partial charge is 0.0127 e. The lowest BCUT2D eigenvalue weighted by Crippen LogP contribution is -2.51. The Kier molecular flexibility index (Phi) is 4.29. The molecule has 0 amide bonds. The molecule has 2 rings (SSSR count). The first-order valence-corrected chi connectivity index (χ1v) is 7.57. The van der Waals surface area contributed by atoms with Gasteiger partial charge >= 0.3 is 0 Å². The van der Waals surface area contributed by atoms with Gasteiger partial charge in [0.2, 0.25) is 0 Å². The van der Waals surface area contributed by atoms with Gasteiger partial charge in [0.1, 0.15) is 0 Å². The van der Waals surface area contributed by atoms with Crippen molar-refractivity contribution in [2.24, 2.45) is 11.8 Å². The van der Waals surface area contributed by atoms with Crippen LogP contribution in [0.1, 0.15) is 65.7 Å². The maximum atomic E-state index is 2.90. The molecule has 0 bridgehead atoms. The van der Waals surface area contributed by atoms with Crippen molar-refractivity contribution >= 4 is 0 Å². The summed E-state index contributed by atoms with van der Waals surface area (Å²) in [6.07, 6.45) is 10.0. The summed E-state index contributed by atoms with van der Waals surface area (Å²) in [5, 5.41) is 0. The zero-order chi connectivity index (χ0) is 11.5. The molecule has 0 saturated carbocycles. The Morgan fingerprint density at radius 1 is 1.06 bits per heavy atom. The van der Waals surface area contributed by atoms with Gasteiger partial charge in [0.05, 0.1) is 0 Å². The molecule has 16 heavy (non-hydrogen) atoms. The molecule has 94 valence electrons. The van der Waals surface area contributed by atoms with Gasteiger partial charge in [-0.05, 0) is 44.1 Å². The van der Waals surface area contributed by atoms with Crippen molar-refractivity contribution in [3.63, 3.8) is 0 Å². The van der Waals surface area contributed by atoms with E-state index in [2.05, 4.69) is 25.7 Å². The highest BCUT2D eigenvalue weighted by atomic mass is 15.2. The fourth-order valence-corrected chi connectivity index (χ4v) is 4.28. The molecule has 0 aromatic heterocycles. The third kappa shape index (κ3) is 2.16. The highest BCUT2D eigenvalue weighted by Crippen LogP contribution is 2.42. The Balaban J connectivity index is 2.11.